The Morgan fingerprint density at radius 2 is 1.85 bits per heavy atom. The number of ether oxygens (including phenoxy) is 1. The smallest absolute Gasteiger partial charge is 0.320 e. The minimum absolute atomic E-state index is 0.0376. The first-order valence-electron chi connectivity index (χ1n) is 9.04. The average Bonchev–Trinajstić information content (AvgIpc) is 2.59. The quantitative estimate of drug-likeness (QED) is 0.671. The number of nitrogens with two attached hydrogens (primary N) is 1. The van der Waals surface area contributed by atoms with Crippen LogP contribution < -0.4 is 11.1 Å². The minimum atomic E-state index is -3.57. The van der Waals surface area contributed by atoms with E-state index in [1.54, 1.807) is 24.3 Å². The van der Waals surface area contributed by atoms with Crippen molar-refractivity contribution in [1.29, 1.82) is 0 Å². The van der Waals surface area contributed by atoms with Crippen LogP contribution in [0.1, 0.15) is 43.7 Å². The largest absolute Gasteiger partial charge is 0.468 e. The fourth-order valence-corrected chi connectivity index (χ4v) is 4.68. The molecule has 0 spiro atoms. The van der Waals surface area contributed by atoms with E-state index in [0.29, 0.717) is 12.1 Å². The molecule has 0 bridgehead atoms. The standard InChI is InChI=1S/C19H28N2O5S/c1-19(20)10-4-3-5-16(19)18(23)21-11-14-6-8-15(9-7-14)12-27(24,25)13-17(22)26-2/h6-9,16H,3-5,10-13,20H2,1-2H3,(H,21,23). The van der Waals surface area contributed by atoms with Crippen molar-refractivity contribution in [3.8, 4) is 0 Å². The molecular formula is C19H28N2O5S. The third-order valence-corrected chi connectivity index (χ3v) is 6.46. The van der Waals surface area contributed by atoms with E-state index in [0.717, 1.165) is 38.4 Å². The molecule has 2 atom stereocenters. The van der Waals surface area contributed by atoms with Crippen molar-refractivity contribution < 1.29 is 22.7 Å². The van der Waals surface area contributed by atoms with Crippen LogP contribution in [0.2, 0.25) is 0 Å². The van der Waals surface area contributed by atoms with Gasteiger partial charge in [-0.15, -0.1) is 0 Å². The maximum Gasteiger partial charge on any atom is 0.320 e. The van der Waals surface area contributed by atoms with Crippen LogP contribution in [0, 0.1) is 5.92 Å². The predicted molar refractivity (Wildman–Crippen MR) is 102 cm³/mol. The number of amides is 1. The highest BCUT2D eigenvalue weighted by Crippen LogP contribution is 2.31. The Morgan fingerprint density at radius 3 is 2.44 bits per heavy atom. The van der Waals surface area contributed by atoms with E-state index in [-0.39, 0.29) is 17.6 Å². The molecule has 7 nitrogen and oxygen atoms in total. The molecule has 0 heterocycles. The van der Waals surface area contributed by atoms with E-state index in [2.05, 4.69) is 10.1 Å². The minimum Gasteiger partial charge on any atom is -0.468 e. The van der Waals surface area contributed by atoms with Gasteiger partial charge in [-0.25, -0.2) is 8.42 Å². The van der Waals surface area contributed by atoms with E-state index in [1.807, 2.05) is 6.92 Å². The number of hydrogen-bond donors (Lipinski definition) is 2. The Kier molecular flexibility index (Phi) is 7.00. The normalized spacial score (nSPS) is 22.9. The summed E-state index contributed by atoms with van der Waals surface area (Å²) in [4.78, 5) is 23.6. The van der Waals surface area contributed by atoms with Crippen LogP contribution in [0.15, 0.2) is 24.3 Å². The van der Waals surface area contributed by atoms with Gasteiger partial charge in [0.05, 0.1) is 18.8 Å². The Morgan fingerprint density at radius 1 is 1.22 bits per heavy atom. The lowest BCUT2D eigenvalue weighted by Gasteiger charge is -2.37. The molecular weight excluding hydrogens is 368 g/mol. The van der Waals surface area contributed by atoms with E-state index in [1.165, 1.54) is 0 Å². The van der Waals surface area contributed by atoms with Gasteiger partial charge in [0.15, 0.2) is 9.84 Å². The molecule has 1 aromatic rings. The number of hydrogen-bond acceptors (Lipinski definition) is 6. The molecule has 1 saturated carbocycles. The first-order chi connectivity index (χ1) is 12.6. The molecule has 1 aliphatic rings. The van der Waals surface area contributed by atoms with Gasteiger partial charge >= 0.3 is 5.97 Å². The highest BCUT2D eigenvalue weighted by molar-refractivity contribution is 7.91. The van der Waals surface area contributed by atoms with Crippen molar-refractivity contribution in [1.82, 2.24) is 5.32 Å². The maximum atomic E-state index is 12.5. The fourth-order valence-electron chi connectivity index (χ4n) is 3.40. The van der Waals surface area contributed by atoms with Crippen LogP contribution in [0.4, 0.5) is 0 Å². The van der Waals surface area contributed by atoms with E-state index in [4.69, 9.17) is 5.73 Å². The molecule has 1 aliphatic carbocycles. The molecule has 1 fully saturated rings. The van der Waals surface area contributed by atoms with Crippen LogP contribution in [0.5, 0.6) is 0 Å². The molecule has 0 radical (unpaired) electrons. The molecule has 0 aliphatic heterocycles. The van der Waals surface area contributed by atoms with Crippen molar-refractivity contribution in [3.63, 3.8) is 0 Å². The Bertz CT molecular complexity index is 772. The second kappa shape index (κ2) is 8.84. The molecule has 0 aromatic heterocycles. The van der Waals surface area contributed by atoms with E-state index < -0.39 is 27.1 Å². The van der Waals surface area contributed by atoms with Gasteiger partial charge in [0.1, 0.15) is 5.75 Å². The summed E-state index contributed by atoms with van der Waals surface area (Å²) in [7, 11) is -2.42. The SMILES string of the molecule is COC(=O)CS(=O)(=O)Cc1ccc(CNC(=O)C2CCCCC2(C)N)cc1. The maximum absolute atomic E-state index is 12.5. The number of methoxy groups -OCH3 is 1. The molecule has 3 N–H and O–H groups in total. The molecule has 1 amide bonds. The van der Waals surface area contributed by atoms with Crippen LogP contribution >= 0.6 is 0 Å². The van der Waals surface area contributed by atoms with Gasteiger partial charge in [-0.05, 0) is 30.9 Å². The fraction of sp³-hybridized carbons (Fsp3) is 0.579. The molecule has 1 aromatic carbocycles. The summed E-state index contributed by atoms with van der Waals surface area (Å²) in [5.41, 5.74) is 7.24. The highest BCUT2D eigenvalue weighted by atomic mass is 32.2. The predicted octanol–water partition coefficient (Wildman–Crippen LogP) is 1.30. The lowest BCUT2D eigenvalue weighted by atomic mass is 9.74. The monoisotopic (exact) mass is 396 g/mol. The first kappa shape index (κ1) is 21.4. The van der Waals surface area contributed by atoms with Crippen molar-refractivity contribution in [2.45, 2.75) is 50.4 Å². The molecule has 0 saturated heterocycles. The molecule has 2 rings (SSSR count). The molecule has 27 heavy (non-hydrogen) atoms. The lowest BCUT2D eigenvalue weighted by molar-refractivity contribution is -0.137. The summed E-state index contributed by atoms with van der Waals surface area (Å²) in [5, 5.41) is 2.93. The van der Waals surface area contributed by atoms with Crippen LogP contribution in [-0.2, 0) is 36.5 Å². The van der Waals surface area contributed by atoms with Crippen LogP contribution in [0.3, 0.4) is 0 Å². The Balaban J connectivity index is 1.90. The van der Waals surface area contributed by atoms with Crippen LogP contribution in [-0.4, -0.2) is 38.7 Å². The van der Waals surface area contributed by atoms with Gasteiger partial charge in [-0.2, -0.15) is 0 Å². The van der Waals surface area contributed by atoms with Gasteiger partial charge < -0.3 is 15.8 Å². The summed E-state index contributed by atoms with van der Waals surface area (Å²) < 4.78 is 28.3. The van der Waals surface area contributed by atoms with Gasteiger partial charge in [0, 0.05) is 12.1 Å². The molecule has 150 valence electrons. The second-order valence-corrected chi connectivity index (χ2v) is 9.51. The zero-order valence-electron chi connectivity index (χ0n) is 15.9. The van der Waals surface area contributed by atoms with Crippen molar-refractivity contribution in [3.05, 3.63) is 35.4 Å². The number of benzene rings is 1. The van der Waals surface area contributed by atoms with Crippen molar-refractivity contribution in [2.24, 2.45) is 11.7 Å². The molecule has 8 heteroatoms. The topological polar surface area (TPSA) is 116 Å². The number of esters is 1. The van der Waals surface area contributed by atoms with Gasteiger partial charge in [0.25, 0.3) is 0 Å². The summed E-state index contributed by atoms with van der Waals surface area (Å²) in [6, 6.07) is 6.91. The number of nitrogens with one attached hydrogen (secondary N) is 1. The number of sulfone groups is 1. The van der Waals surface area contributed by atoms with Gasteiger partial charge in [-0.3, -0.25) is 9.59 Å². The number of carbonyl (C=O) groups is 2. The van der Waals surface area contributed by atoms with Crippen molar-refractivity contribution >= 4 is 21.7 Å². The summed E-state index contributed by atoms with van der Waals surface area (Å²) in [6.45, 7) is 2.29. The summed E-state index contributed by atoms with van der Waals surface area (Å²) >= 11 is 0. The number of carbonyl (C=O) groups excluding carboxylic acids is 2. The van der Waals surface area contributed by atoms with E-state index in [9.17, 15) is 18.0 Å². The van der Waals surface area contributed by atoms with Gasteiger partial charge in [-0.1, -0.05) is 37.1 Å². The molecule has 2 unspecified atom stereocenters. The Hall–Kier alpha value is -1.93. The van der Waals surface area contributed by atoms with E-state index >= 15 is 0 Å². The third kappa shape index (κ3) is 6.32. The van der Waals surface area contributed by atoms with Gasteiger partial charge in [0.2, 0.25) is 5.91 Å². The highest BCUT2D eigenvalue weighted by Gasteiger charge is 2.37. The second-order valence-electron chi connectivity index (χ2n) is 7.45. The third-order valence-electron chi connectivity index (χ3n) is 5.01. The summed E-state index contributed by atoms with van der Waals surface area (Å²) in [6.07, 6.45) is 3.71. The lowest BCUT2D eigenvalue weighted by Crippen LogP contribution is -2.52. The zero-order valence-corrected chi connectivity index (χ0v) is 16.7. The van der Waals surface area contributed by atoms with Crippen LogP contribution in [0.25, 0.3) is 0 Å². The number of rotatable bonds is 7. The first-order valence-corrected chi connectivity index (χ1v) is 10.9. The Labute approximate surface area is 160 Å². The van der Waals surface area contributed by atoms with Crippen molar-refractivity contribution in [2.75, 3.05) is 12.9 Å². The zero-order chi connectivity index (χ0) is 20.1. The summed E-state index contributed by atoms with van der Waals surface area (Å²) in [5.74, 6) is -1.87. The average molecular weight is 397 g/mol.